The second-order valence-corrected chi connectivity index (χ2v) is 10.1. The standard InChI is InChI=1S/C26H29ClN2O6S/c1-5-22(18-11-13-24(34-3)25(15-18)35-4)28-26(30)17-29(19-12-14-23(33-2)21(27)16-19)36(31,32)20-9-7-6-8-10-20/h6-16,22H,5,17H2,1-4H3,(H,28,30). The largest absolute Gasteiger partial charge is 0.495 e. The molecule has 0 fully saturated rings. The first-order valence-electron chi connectivity index (χ1n) is 11.2. The van der Waals surface area contributed by atoms with Crippen LogP contribution in [0.4, 0.5) is 5.69 Å². The second kappa shape index (κ2) is 12.0. The fraction of sp³-hybridized carbons (Fsp3) is 0.269. The zero-order valence-electron chi connectivity index (χ0n) is 20.5. The second-order valence-electron chi connectivity index (χ2n) is 7.79. The van der Waals surface area contributed by atoms with Gasteiger partial charge in [-0.1, -0.05) is 42.8 Å². The van der Waals surface area contributed by atoms with Gasteiger partial charge in [-0.3, -0.25) is 9.10 Å². The van der Waals surface area contributed by atoms with E-state index in [0.29, 0.717) is 23.7 Å². The molecule has 3 aromatic carbocycles. The number of hydrogen-bond donors (Lipinski definition) is 1. The number of sulfonamides is 1. The van der Waals surface area contributed by atoms with Gasteiger partial charge >= 0.3 is 0 Å². The van der Waals surface area contributed by atoms with Crippen molar-refractivity contribution < 1.29 is 27.4 Å². The van der Waals surface area contributed by atoms with Crippen molar-refractivity contribution in [1.82, 2.24) is 5.32 Å². The predicted molar refractivity (Wildman–Crippen MR) is 140 cm³/mol. The molecule has 1 unspecified atom stereocenters. The van der Waals surface area contributed by atoms with E-state index in [-0.39, 0.29) is 21.6 Å². The number of carbonyl (C=O) groups excluding carboxylic acids is 1. The Hall–Kier alpha value is -3.43. The normalized spacial score (nSPS) is 11.9. The maximum absolute atomic E-state index is 13.6. The molecular formula is C26H29ClN2O6S. The Balaban J connectivity index is 1.93. The average molecular weight is 533 g/mol. The smallest absolute Gasteiger partial charge is 0.264 e. The lowest BCUT2D eigenvalue weighted by Gasteiger charge is -2.26. The van der Waals surface area contributed by atoms with E-state index in [4.69, 9.17) is 25.8 Å². The van der Waals surface area contributed by atoms with Crippen molar-refractivity contribution in [2.24, 2.45) is 0 Å². The van der Waals surface area contributed by atoms with Crippen molar-refractivity contribution in [3.63, 3.8) is 0 Å². The van der Waals surface area contributed by atoms with Crippen LogP contribution >= 0.6 is 11.6 Å². The minimum Gasteiger partial charge on any atom is -0.495 e. The third-order valence-electron chi connectivity index (χ3n) is 5.60. The zero-order chi connectivity index (χ0) is 26.3. The van der Waals surface area contributed by atoms with Crippen molar-refractivity contribution >= 4 is 33.2 Å². The van der Waals surface area contributed by atoms with Gasteiger partial charge in [-0.05, 0) is 54.4 Å². The first-order chi connectivity index (χ1) is 17.2. The molecule has 0 aliphatic carbocycles. The molecule has 3 aromatic rings. The molecule has 0 aromatic heterocycles. The third kappa shape index (κ3) is 6.03. The van der Waals surface area contributed by atoms with Gasteiger partial charge in [-0.15, -0.1) is 0 Å². The zero-order valence-corrected chi connectivity index (χ0v) is 22.1. The number of benzene rings is 3. The molecule has 0 saturated heterocycles. The fourth-order valence-electron chi connectivity index (χ4n) is 3.71. The van der Waals surface area contributed by atoms with E-state index in [9.17, 15) is 13.2 Å². The number of ether oxygens (including phenoxy) is 3. The molecule has 0 spiro atoms. The molecule has 36 heavy (non-hydrogen) atoms. The number of amides is 1. The van der Waals surface area contributed by atoms with Gasteiger partial charge in [0.2, 0.25) is 5.91 Å². The Morgan fingerprint density at radius 1 is 0.917 bits per heavy atom. The van der Waals surface area contributed by atoms with Crippen LogP contribution in [0, 0.1) is 0 Å². The molecule has 10 heteroatoms. The van der Waals surface area contributed by atoms with Crippen LogP contribution in [0.3, 0.4) is 0 Å². The lowest BCUT2D eigenvalue weighted by molar-refractivity contribution is -0.120. The van der Waals surface area contributed by atoms with Crippen LogP contribution in [0.1, 0.15) is 24.9 Å². The molecule has 8 nitrogen and oxygen atoms in total. The SMILES string of the molecule is CCC(NC(=O)CN(c1ccc(OC)c(Cl)c1)S(=O)(=O)c1ccccc1)c1ccc(OC)c(OC)c1. The van der Waals surface area contributed by atoms with Crippen molar-refractivity contribution in [1.29, 1.82) is 0 Å². The van der Waals surface area contributed by atoms with Crippen molar-refractivity contribution in [3.8, 4) is 17.2 Å². The molecule has 1 amide bonds. The minimum atomic E-state index is -4.08. The van der Waals surface area contributed by atoms with Crippen LogP contribution in [-0.2, 0) is 14.8 Å². The van der Waals surface area contributed by atoms with E-state index in [1.807, 2.05) is 13.0 Å². The van der Waals surface area contributed by atoms with Gasteiger partial charge < -0.3 is 19.5 Å². The summed E-state index contributed by atoms with van der Waals surface area (Å²) in [5, 5.41) is 3.16. The fourth-order valence-corrected chi connectivity index (χ4v) is 5.39. The number of hydrogen-bond acceptors (Lipinski definition) is 6. The molecule has 1 atom stereocenters. The molecule has 0 bridgehead atoms. The van der Waals surface area contributed by atoms with E-state index < -0.39 is 22.5 Å². The maximum Gasteiger partial charge on any atom is 0.264 e. The summed E-state index contributed by atoms with van der Waals surface area (Å²) in [5.74, 6) is 1.01. The number of methoxy groups -OCH3 is 3. The Labute approximate surface area is 216 Å². The highest BCUT2D eigenvalue weighted by atomic mass is 35.5. The maximum atomic E-state index is 13.6. The summed E-state index contributed by atoms with van der Waals surface area (Å²) in [4.78, 5) is 13.3. The van der Waals surface area contributed by atoms with Crippen LogP contribution in [0.2, 0.25) is 5.02 Å². The molecule has 0 saturated carbocycles. The monoisotopic (exact) mass is 532 g/mol. The highest BCUT2D eigenvalue weighted by Gasteiger charge is 2.28. The first kappa shape index (κ1) is 27.2. The highest BCUT2D eigenvalue weighted by Crippen LogP contribution is 2.33. The average Bonchev–Trinajstić information content (AvgIpc) is 2.90. The molecule has 3 rings (SSSR count). The number of halogens is 1. The van der Waals surface area contributed by atoms with E-state index in [1.165, 1.54) is 32.4 Å². The van der Waals surface area contributed by atoms with Gasteiger partial charge in [-0.2, -0.15) is 0 Å². The van der Waals surface area contributed by atoms with E-state index >= 15 is 0 Å². The molecule has 192 valence electrons. The Bertz CT molecular complexity index is 1300. The lowest BCUT2D eigenvalue weighted by Crippen LogP contribution is -2.42. The van der Waals surface area contributed by atoms with Crippen molar-refractivity contribution in [3.05, 3.63) is 77.3 Å². The number of carbonyl (C=O) groups is 1. The van der Waals surface area contributed by atoms with Crippen LogP contribution < -0.4 is 23.8 Å². The number of nitrogens with zero attached hydrogens (tertiary/aromatic N) is 1. The summed E-state index contributed by atoms with van der Waals surface area (Å²) in [6.45, 7) is 1.47. The molecule has 0 aliphatic rings. The summed E-state index contributed by atoms with van der Waals surface area (Å²) >= 11 is 6.28. The topological polar surface area (TPSA) is 94.2 Å². The van der Waals surface area contributed by atoms with Gasteiger partial charge in [0.15, 0.2) is 11.5 Å². The molecule has 1 N–H and O–H groups in total. The summed E-state index contributed by atoms with van der Waals surface area (Å²) in [6.07, 6.45) is 0.570. The highest BCUT2D eigenvalue weighted by molar-refractivity contribution is 7.92. The van der Waals surface area contributed by atoms with Crippen LogP contribution in [0.25, 0.3) is 0 Å². The Morgan fingerprint density at radius 3 is 2.14 bits per heavy atom. The van der Waals surface area contributed by atoms with Crippen molar-refractivity contribution in [2.75, 3.05) is 32.2 Å². The summed E-state index contributed by atoms with van der Waals surface area (Å²) in [6, 6.07) is 17.5. The summed E-state index contributed by atoms with van der Waals surface area (Å²) in [5.41, 5.74) is 1.03. The Morgan fingerprint density at radius 2 is 1.56 bits per heavy atom. The minimum absolute atomic E-state index is 0.0525. The van der Waals surface area contributed by atoms with Crippen molar-refractivity contribution in [2.45, 2.75) is 24.3 Å². The van der Waals surface area contributed by atoms with Gasteiger partial charge in [0.05, 0.1) is 43.0 Å². The quantitative estimate of drug-likeness (QED) is 0.380. The summed E-state index contributed by atoms with van der Waals surface area (Å²) < 4.78 is 44.0. The Kier molecular flexibility index (Phi) is 9.06. The molecular weight excluding hydrogens is 504 g/mol. The predicted octanol–water partition coefficient (Wildman–Crippen LogP) is 4.83. The molecule has 0 radical (unpaired) electrons. The van der Waals surface area contributed by atoms with E-state index in [1.54, 1.807) is 49.6 Å². The van der Waals surface area contributed by atoms with Crippen LogP contribution in [-0.4, -0.2) is 42.2 Å². The molecule has 0 aliphatic heterocycles. The molecule has 0 heterocycles. The van der Waals surface area contributed by atoms with Gasteiger partial charge in [0.25, 0.3) is 10.0 Å². The van der Waals surface area contributed by atoms with Crippen LogP contribution in [0.5, 0.6) is 17.2 Å². The lowest BCUT2D eigenvalue weighted by atomic mass is 10.0. The third-order valence-corrected chi connectivity index (χ3v) is 7.68. The van der Waals surface area contributed by atoms with E-state index in [2.05, 4.69) is 5.32 Å². The number of rotatable bonds is 11. The van der Waals surface area contributed by atoms with Gasteiger partial charge in [0, 0.05) is 0 Å². The van der Waals surface area contributed by atoms with Crippen LogP contribution in [0.15, 0.2) is 71.6 Å². The summed E-state index contributed by atoms with van der Waals surface area (Å²) in [7, 11) is 0.469. The first-order valence-corrected chi connectivity index (χ1v) is 13.0. The van der Waals surface area contributed by atoms with E-state index in [0.717, 1.165) is 9.87 Å². The van der Waals surface area contributed by atoms with Gasteiger partial charge in [-0.25, -0.2) is 8.42 Å². The van der Waals surface area contributed by atoms with Gasteiger partial charge in [0.1, 0.15) is 12.3 Å². The number of anilines is 1. The number of nitrogens with one attached hydrogen (secondary N) is 1.